The molecule has 2 heterocycles. The molecule has 1 saturated carbocycles. The SMILES string of the molecule is O=C(Nc1cccc2c1C(=O)NC2=O)NC1[C@H]2CN(c3ccc(F)cc3F)C[C@@H]12. The maximum Gasteiger partial charge on any atom is 0.319 e. The number of nitrogens with one attached hydrogen (secondary N) is 3. The Kier molecular flexibility index (Phi) is 3.80. The van der Waals surface area contributed by atoms with Crippen molar-refractivity contribution in [2.24, 2.45) is 11.8 Å². The van der Waals surface area contributed by atoms with Gasteiger partial charge >= 0.3 is 6.03 Å². The Morgan fingerprint density at radius 3 is 2.55 bits per heavy atom. The summed E-state index contributed by atoms with van der Waals surface area (Å²) in [7, 11) is 0. The molecule has 7 nitrogen and oxygen atoms in total. The lowest BCUT2D eigenvalue weighted by Gasteiger charge is -2.23. The van der Waals surface area contributed by atoms with Crippen LogP contribution in [-0.2, 0) is 0 Å². The molecule has 0 radical (unpaired) electrons. The average Bonchev–Trinajstić information content (AvgIpc) is 3.00. The number of halogens is 2. The molecule has 1 saturated heterocycles. The number of urea groups is 1. The fourth-order valence-electron chi connectivity index (χ4n) is 4.31. The molecule has 29 heavy (non-hydrogen) atoms. The molecule has 148 valence electrons. The molecule has 1 aliphatic carbocycles. The predicted molar refractivity (Wildman–Crippen MR) is 99.7 cm³/mol. The van der Waals surface area contributed by atoms with Gasteiger partial charge in [0.2, 0.25) is 0 Å². The lowest BCUT2D eigenvalue weighted by Crippen LogP contribution is -2.37. The zero-order valence-electron chi connectivity index (χ0n) is 15.0. The number of piperidine rings is 1. The normalized spacial score (nSPS) is 24.1. The Balaban J connectivity index is 1.21. The van der Waals surface area contributed by atoms with E-state index in [1.54, 1.807) is 12.1 Å². The fourth-order valence-corrected chi connectivity index (χ4v) is 4.31. The van der Waals surface area contributed by atoms with Crippen molar-refractivity contribution in [3.05, 3.63) is 59.2 Å². The van der Waals surface area contributed by atoms with Crippen LogP contribution < -0.4 is 20.9 Å². The van der Waals surface area contributed by atoms with Crippen LogP contribution in [0.1, 0.15) is 20.7 Å². The van der Waals surface area contributed by atoms with E-state index in [0.29, 0.717) is 18.8 Å². The van der Waals surface area contributed by atoms with E-state index >= 15 is 0 Å². The quantitative estimate of drug-likeness (QED) is 0.691. The van der Waals surface area contributed by atoms with Crippen molar-refractivity contribution in [1.82, 2.24) is 10.6 Å². The van der Waals surface area contributed by atoms with E-state index in [1.165, 1.54) is 18.2 Å². The number of fused-ring (bicyclic) bond motifs is 2. The highest BCUT2D eigenvalue weighted by atomic mass is 19.1. The monoisotopic (exact) mass is 398 g/mol. The van der Waals surface area contributed by atoms with Crippen molar-refractivity contribution in [2.75, 3.05) is 23.3 Å². The van der Waals surface area contributed by atoms with Gasteiger partial charge in [-0.3, -0.25) is 14.9 Å². The summed E-state index contributed by atoms with van der Waals surface area (Å²) in [5.41, 5.74) is 1.01. The minimum atomic E-state index is -0.616. The zero-order chi connectivity index (χ0) is 20.3. The first-order chi connectivity index (χ1) is 13.9. The smallest absolute Gasteiger partial charge is 0.319 e. The Morgan fingerprint density at radius 2 is 1.83 bits per heavy atom. The molecule has 0 bridgehead atoms. The van der Waals surface area contributed by atoms with E-state index in [0.717, 1.165) is 6.07 Å². The summed E-state index contributed by atoms with van der Waals surface area (Å²) in [5, 5.41) is 7.70. The van der Waals surface area contributed by atoms with Crippen molar-refractivity contribution < 1.29 is 23.2 Å². The minimum absolute atomic E-state index is 0.0537. The molecule has 5 rings (SSSR count). The molecular formula is C20H16F2N4O3. The van der Waals surface area contributed by atoms with E-state index in [-0.39, 0.29) is 34.7 Å². The van der Waals surface area contributed by atoms with Crippen molar-refractivity contribution in [2.45, 2.75) is 6.04 Å². The summed E-state index contributed by atoms with van der Waals surface area (Å²) in [6.07, 6.45) is 0. The fraction of sp³-hybridized carbons (Fsp3) is 0.250. The highest BCUT2D eigenvalue weighted by molar-refractivity contribution is 6.24. The van der Waals surface area contributed by atoms with Crippen LogP contribution in [0.4, 0.5) is 25.0 Å². The number of carbonyl (C=O) groups is 3. The topological polar surface area (TPSA) is 90.5 Å². The van der Waals surface area contributed by atoms with Gasteiger partial charge in [-0.15, -0.1) is 0 Å². The molecule has 3 N–H and O–H groups in total. The van der Waals surface area contributed by atoms with Crippen LogP contribution in [0.5, 0.6) is 0 Å². The van der Waals surface area contributed by atoms with Crippen LogP contribution in [0.2, 0.25) is 0 Å². The lowest BCUT2D eigenvalue weighted by atomic mass is 10.1. The van der Waals surface area contributed by atoms with Gasteiger partial charge in [-0.2, -0.15) is 0 Å². The number of imide groups is 1. The summed E-state index contributed by atoms with van der Waals surface area (Å²) in [6, 6.07) is 7.66. The van der Waals surface area contributed by atoms with Gasteiger partial charge in [-0.05, 0) is 24.3 Å². The number of rotatable bonds is 3. The second kappa shape index (κ2) is 6.26. The van der Waals surface area contributed by atoms with Crippen LogP contribution >= 0.6 is 0 Å². The van der Waals surface area contributed by atoms with E-state index in [9.17, 15) is 23.2 Å². The number of hydrogen-bond donors (Lipinski definition) is 3. The predicted octanol–water partition coefficient (Wildman–Crippen LogP) is 2.10. The van der Waals surface area contributed by atoms with Gasteiger partial charge in [0, 0.05) is 37.0 Å². The van der Waals surface area contributed by atoms with Gasteiger partial charge in [0.05, 0.1) is 22.5 Å². The number of anilines is 2. The Hall–Kier alpha value is -3.49. The minimum Gasteiger partial charge on any atom is -0.368 e. The van der Waals surface area contributed by atoms with Gasteiger partial charge in [0.15, 0.2) is 0 Å². The third-order valence-electron chi connectivity index (χ3n) is 5.75. The molecule has 3 atom stereocenters. The first-order valence-electron chi connectivity index (χ1n) is 9.18. The molecule has 2 fully saturated rings. The maximum absolute atomic E-state index is 13.9. The van der Waals surface area contributed by atoms with E-state index < -0.39 is 29.5 Å². The molecule has 9 heteroatoms. The number of hydrogen-bond acceptors (Lipinski definition) is 4. The molecule has 0 spiro atoms. The lowest BCUT2D eigenvalue weighted by molar-refractivity contribution is 0.0880. The van der Waals surface area contributed by atoms with Crippen LogP contribution in [0, 0.1) is 23.5 Å². The highest BCUT2D eigenvalue weighted by Gasteiger charge is 2.56. The van der Waals surface area contributed by atoms with Gasteiger partial charge in [-0.1, -0.05) is 6.07 Å². The third-order valence-corrected chi connectivity index (χ3v) is 5.75. The second-order valence-corrected chi connectivity index (χ2v) is 7.46. The Labute approximate surface area is 164 Å². The van der Waals surface area contributed by atoms with Gasteiger partial charge < -0.3 is 15.5 Å². The third kappa shape index (κ3) is 2.89. The van der Waals surface area contributed by atoms with E-state index in [1.807, 2.05) is 4.90 Å². The van der Waals surface area contributed by atoms with E-state index in [4.69, 9.17) is 0 Å². The molecule has 0 aromatic heterocycles. The standard InChI is InChI=1S/C20H16F2N4O3/c21-9-4-5-15(13(22)6-9)26-7-11-12(8-26)17(11)24-20(29)23-14-3-1-2-10-16(14)19(28)25-18(10)27/h1-6,11-12,17H,7-8H2,(H2,23,24,29)(H,25,27,28)/t11-,12+,17?. The molecule has 2 aromatic rings. The molecule has 4 amide bonds. The first-order valence-corrected chi connectivity index (χ1v) is 9.18. The van der Waals surface area contributed by atoms with Crippen molar-refractivity contribution in [3.8, 4) is 0 Å². The molecule has 2 aliphatic heterocycles. The Morgan fingerprint density at radius 1 is 1.07 bits per heavy atom. The van der Waals surface area contributed by atoms with Gasteiger partial charge in [-0.25, -0.2) is 13.6 Å². The van der Waals surface area contributed by atoms with Gasteiger partial charge in [0.25, 0.3) is 11.8 Å². The zero-order valence-corrected chi connectivity index (χ0v) is 15.0. The molecule has 2 aromatic carbocycles. The summed E-state index contributed by atoms with van der Waals surface area (Å²) < 4.78 is 27.0. The molecule has 3 aliphatic rings. The van der Waals surface area contributed by atoms with Crippen molar-refractivity contribution in [1.29, 1.82) is 0 Å². The summed E-state index contributed by atoms with van der Waals surface area (Å²) in [4.78, 5) is 37.9. The van der Waals surface area contributed by atoms with Crippen LogP contribution in [-0.4, -0.2) is 37.0 Å². The molecule has 1 unspecified atom stereocenters. The highest BCUT2D eigenvalue weighted by Crippen LogP contribution is 2.47. The van der Waals surface area contributed by atoms with Crippen LogP contribution in [0.25, 0.3) is 0 Å². The van der Waals surface area contributed by atoms with Crippen molar-refractivity contribution in [3.63, 3.8) is 0 Å². The summed E-state index contributed by atoms with van der Waals surface area (Å²) >= 11 is 0. The van der Waals surface area contributed by atoms with Crippen molar-refractivity contribution >= 4 is 29.2 Å². The summed E-state index contributed by atoms with van der Waals surface area (Å²) in [5.74, 6) is -1.89. The number of nitrogens with zero attached hydrogens (tertiary/aromatic N) is 1. The number of benzene rings is 2. The van der Waals surface area contributed by atoms with E-state index in [2.05, 4.69) is 16.0 Å². The average molecular weight is 398 g/mol. The number of carbonyl (C=O) groups excluding carboxylic acids is 3. The number of amides is 4. The van der Waals surface area contributed by atoms with Gasteiger partial charge in [0.1, 0.15) is 11.6 Å². The summed E-state index contributed by atoms with van der Waals surface area (Å²) in [6.45, 7) is 1.13. The van der Waals surface area contributed by atoms with Crippen LogP contribution in [0.15, 0.2) is 36.4 Å². The largest absolute Gasteiger partial charge is 0.368 e. The maximum atomic E-state index is 13.9. The molecular weight excluding hydrogens is 382 g/mol. The van der Waals surface area contributed by atoms with Crippen LogP contribution in [0.3, 0.4) is 0 Å². The first kappa shape index (κ1) is 17.6. The second-order valence-electron chi connectivity index (χ2n) is 7.46. The Bertz CT molecular complexity index is 1060.